The van der Waals surface area contributed by atoms with Gasteiger partial charge in [-0.2, -0.15) is 0 Å². The number of carbonyl (C=O) groups is 2. The molecule has 212 valence electrons. The molecule has 2 atom stereocenters. The van der Waals surface area contributed by atoms with Crippen LogP contribution in [0.2, 0.25) is 0 Å². The number of nitrogens with zero attached hydrogens (tertiary/aromatic N) is 6. The van der Waals surface area contributed by atoms with E-state index < -0.39 is 30.1 Å². The van der Waals surface area contributed by atoms with Crippen molar-refractivity contribution in [3.8, 4) is 5.75 Å². The highest BCUT2D eigenvalue weighted by Crippen LogP contribution is 2.23. The summed E-state index contributed by atoms with van der Waals surface area (Å²) >= 11 is 0. The van der Waals surface area contributed by atoms with E-state index in [0.717, 1.165) is 12.1 Å². The summed E-state index contributed by atoms with van der Waals surface area (Å²) in [7, 11) is 0. The molecule has 0 saturated carbocycles. The fourth-order valence-electron chi connectivity index (χ4n) is 3.66. The molecule has 2 amide bonds. The number of amides is 2. The number of hydrogen-bond acceptors (Lipinski definition) is 8. The van der Waals surface area contributed by atoms with Gasteiger partial charge in [0.1, 0.15) is 11.9 Å². The topological polar surface area (TPSA) is 141 Å². The number of aryl methyl sites for hydroxylation is 1. The van der Waals surface area contributed by atoms with Crippen LogP contribution in [0, 0.1) is 0 Å². The van der Waals surface area contributed by atoms with Crippen LogP contribution < -0.4 is 20.7 Å². The number of hydrogen-bond donors (Lipinski definition) is 3. The summed E-state index contributed by atoms with van der Waals surface area (Å²) in [5, 5.41) is 23.5. The molecule has 2 unspecified atom stereocenters. The lowest BCUT2D eigenvalue weighted by molar-refractivity contribution is -0.274. The molecule has 0 saturated heterocycles. The summed E-state index contributed by atoms with van der Waals surface area (Å²) in [6.45, 7) is 0.357. The SMILES string of the molecule is O=C(Cc1cccc(OC(F)(F)F)c1)Nc1cn(CCC(F)Cn2cc(C(=O)NCC3C=CC=CN3)nn2)nn1. The smallest absolute Gasteiger partial charge is 0.406 e. The highest BCUT2D eigenvalue weighted by atomic mass is 19.4. The van der Waals surface area contributed by atoms with Gasteiger partial charge >= 0.3 is 6.36 Å². The first-order chi connectivity index (χ1) is 19.1. The Kier molecular flexibility index (Phi) is 9.08. The number of halogens is 4. The second-order valence-corrected chi connectivity index (χ2v) is 8.73. The molecule has 1 aromatic carbocycles. The number of aromatic nitrogens is 6. The normalized spacial score (nSPS) is 15.3. The lowest BCUT2D eigenvalue weighted by atomic mass is 10.1. The maximum atomic E-state index is 14.5. The van der Waals surface area contributed by atoms with Crippen molar-refractivity contribution >= 4 is 17.6 Å². The number of nitrogens with one attached hydrogen (secondary N) is 3. The molecule has 16 heteroatoms. The van der Waals surface area contributed by atoms with Gasteiger partial charge in [-0.1, -0.05) is 34.7 Å². The van der Waals surface area contributed by atoms with Crippen LogP contribution in [0.25, 0.3) is 0 Å². The fourth-order valence-corrected chi connectivity index (χ4v) is 3.66. The number of anilines is 1. The van der Waals surface area contributed by atoms with Crippen LogP contribution in [-0.4, -0.2) is 66.9 Å². The zero-order chi connectivity index (χ0) is 28.5. The molecule has 12 nitrogen and oxygen atoms in total. The summed E-state index contributed by atoms with van der Waals surface area (Å²) < 4.78 is 58.1. The van der Waals surface area contributed by atoms with Gasteiger partial charge in [0.2, 0.25) is 5.91 Å². The van der Waals surface area contributed by atoms with Crippen LogP contribution in [0.4, 0.5) is 23.4 Å². The van der Waals surface area contributed by atoms with E-state index in [4.69, 9.17) is 0 Å². The molecule has 40 heavy (non-hydrogen) atoms. The van der Waals surface area contributed by atoms with E-state index in [1.165, 1.54) is 33.9 Å². The van der Waals surface area contributed by atoms with Gasteiger partial charge < -0.3 is 20.7 Å². The third-order valence-corrected chi connectivity index (χ3v) is 5.47. The summed E-state index contributed by atoms with van der Waals surface area (Å²) in [5.74, 6) is -1.29. The number of benzene rings is 1. The highest BCUT2D eigenvalue weighted by molar-refractivity contribution is 5.92. The number of ether oxygens (including phenoxy) is 1. The van der Waals surface area contributed by atoms with Crippen LogP contribution in [-0.2, 0) is 24.3 Å². The van der Waals surface area contributed by atoms with Crippen LogP contribution in [0.15, 0.2) is 61.1 Å². The van der Waals surface area contributed by atoms with Crippen LogP contribution in [0.5, 0.6) is 5.75 Å². The van der Waals surface area contributed by atoms with Gasteiger partial charge in [0, 0.05) is 19.5 Å². The van der Waals surface area contributed by atoms with Crippen molar-refractivity contribution < 1.29 is 31.9 Å². The fraction of sp³-hybridized carbons (Fsp3) is 0.333. The average molecular weight is 564 g/mol. The highest BCUT2D eigenvalue weighted by Gasteiger charge is 2.31. The van der Waals surface area contributed by atoms with E-state index in [0.29, 0.717) is 12.1 Å². The van der Waals surface area contributed by atoms with E-state index in [9.17, 15) is 27.2 Å². The van der Waals surface area contributed by atoms with Crippen molar-refractivity contribution in [3.05, 3.63) is 72.3 Å². The molecule has 4 rings (SSSR count). The molecule has 3 aromatic rings. The Morgan fingerprint density at radius 2 is 1.95 bits per heavy atom. The summed E-state index contributed by atoms with van der Waals surface area (Å²) in [6.07, 6.45) is 3.78. The van der Waals surface area contributed by atoms with Gasteiger partial charge in [0.15, 0.2) is 11.5 Å². The van der Waals surface area contributed by atoms with Crippen molar-refractivity contribution in [3.63, 3.8) is 0 Å². The predicted octanol–water partition coefficient (Wildman–Crippen LogP) is 2.15. The monoisotopic (exact) mass is 563 g/mol. The van der Waals surface area contributed by atoms with Crippen LogP contribution in [0.3, 0.4) is 0 Å². The molecule has 2 aromatic heterocycles. The van der Waals surface area contributed by atoms with Crippen molar-refractivity contribution in [1.82, 2.24) is 40.6 Å². The largest absolute Gasteiger partial charge is 0.573 e. The first-order valence-electron chi connectivity index (χ1n) is 12.1. The third kappa shape index (κ3) is 8.92. The van der Waals surface area contributed by atoms with Crippen molar-refractivity contribution in [2.75, 3.05) is 11.9 Å². The molecule has 3 N–H and O–H groups in total. The van der Waals surface area contributed by atoms with E-state index in [1.807, 2.05) is 18.2 Å². The molecule has 0 aliphatic carbocycles. The predicted molar refractivity (Wildman–Crippen MR) is 133 cm³/mol. The molecule has 0 radical (unpaired) electrons. The number of dihydropyridines is 1. The summed E-state index contributed by atoms with van der Waals surface area (Å²) in [5.41, 5.74) is 0.371. The van der Waals surface area contributed by atoms with Gasteiger partial charge in [-0.15, -0.1) is 23.4 Å². The van der Waals surface area contributed by atoms with Gasteiger partial charge in [0.25, 0.3) is 5.91 Å². The van der Waals surface area contributed by atoms with E-state index in [-0.39, 0.29) is 43.5 Å². The van der Waals surface area contributed by atoms with Crippen molar-refractivity contribution in [2.45, 2.75) is 44.5 Å². The second-order valence-electron chi connectivity index (χ2n) is 8.73. The van der Waals surface area contributed by atoms with Gasteiger partial charge in [0.05, 0.1) is 31.4 Å². The van der Waals surface area contributed by atoms with E-state index in [1.54, 1.807) is 6.20 Å². The minimum absolute atomic E-state index is 0.0383. The first kappa shape index (κ1) is 28.3. The van der Waals surface area contributed by atoms with E-state index in [2.05, 4.69) is 41.3 Å². The van der Waals surface area contributed by atoms with Crippen LogP contribution in [0.1, 0.15) is 22.5 Å². The molecular weight excluding hydrogens is 538 g/mol. The van der Waals surface area contributed by atoms with E-state index >= 15 is 0 Å². The molecule has 1 aliphatic rings. The maximum Gasteiger partial charge on any atom is 0.573 e. The Balaban J connectivity index is 1.18. The lowest BCUT2D eigenvalue weighted by Crippen LogP contribution is -2.38. The molecule has 0 bridgehead atoms. The summed E-state index contributed by atoms with van der Waals surface area (Å²) in [4.78, 5) is 24.5. The zero-order valence-corrected chi connectivity index (χ0v) is 20.9. The maximum absolute atomic E-state index is 14.5. The Hall–Kier alpha value is -4.76. The average Bonchev–Trinajstić information content (AvgIpc) is 3.55. The molecule has 0 spiro atoms. The molecule has 0 fully saturated rings. The van der Waals surface area contributed by atoms with Crippen LogP contribution >= 0.6 is 0 Å². The standard InChI is InChI=1S/C24H25F4N9O3/c25-17(13-37-14-20(32-34-37)23(39)30-12-18-5-1-2-8-29-18)7-9-36-15-21(33-35-36)31-22(38)11-16-4-3-6-19(10-16)40-24(26,27)28/h1-6,8,10,14-15,17-18,29H,7,9,11-13H2,(H,30,39)(H,31,38). The zero-order valence-electron chi connectivity index (χ0n) is 20.9. The van der Waals surface area contributed by atoms with Crippen molar-refractivity contribution in [1.29, 1.82) is 0 Å². The quantitative estimate of drug-likeness (QED) is 0.285. The van der Waals surface area contributed by atoms with Gasteiger partial charge in [-0.3, -0.25) is 14.3 Å². The van der Waals surface area contributed by atoms with Gasteiger partial charge in [-0.05, 0) is 30.0 Å². The Labute approximate surface area is 225 Å². The number of rotatable bonds is 12. The molecule has 1 aliphatic heterocycles. The Morgan fingerprint density at radius 3 is 2.73 bits per heavy atom. The number of alkyl halides is 4. The molecule has 3 heterocycles. The summed E-state index contributed by atoms with van der Waals surface area (Å²) in [6, 6.07) is 5.03. The molecular formula is C24H25F4N9O3. The minimum Gasteiger partial charge on any atom is -0.406 e. The van der Waals surface area contributed by atoms with Crippen molar-refractivity contribution in [2.24, 2.45) is 0 Å². The van der Waals surface area contributed by atoms with Gasteiger partial charge in [-0.25, -0.2) is 9.07 Å². The minimum atomic E-state index is -4.84. The number of carbonyl (C=O) groups excluding carboxylic acids is 2. The third-order valence-electron chi connectivity index (χ3n) is 5.47. The Morgan fingerprint density at radius 1 is 1.12 bits per heavy atom. The number of allylic oxidation sites excluding steroid dienone is 2. The Bertz CT molecular complexity index is 1370. The second kappa shape index (κ2) is 12.9. The lowest BCUT2D eigenvalue weighted by Gasteiger charge is -2.15. The first-order valence-corrected chi connectivity index (χ1v) is 12.1.